The summed E-state index contributed by atoms with van der Waals surface area (Å²) in [6.07, 6.45) is 7.93. The largest absolute Gasteiger partial charge is 0.439 e. The van der Waals surface area contributed by atoms with Gasteiger partial charge in [-0.2, -0.15) is 0 Å². The lowest BCUT2D eigenvalue weighted by molar-refractivity contribution is 0.444. The molecule has 0 saturated carbocycles. The van der Waals surface area contributed by atoms with E-state index >= 15 is 0 Å². The molecule has 0 amide bonds. The fourth-order valence-corrected chi connectivity index (χ4v) is 4.03. The summed E-state index contributed by atoms with van der Waals surface area (Å²) in [6.45, 7) is 0. The molecule has 0 N–H and O–H groups in total. The zero-order chi connectivity index (χ0) is 18.5. The molecule has 0 aliphatic heterocycles. The van der Waals surface area contributed by atoms with Crippen LogP contribution in [0.4, 0.5) is 0 Å². The number of hydrogen-bond donors (Lipinski definition) is 0. The highest BCUT2D eigenvalue weighted by molar-refractivity contribution is 9.10. The first-order chi connectivity index (χ1) is 13.3. The Morgan fingerprint density at radius 2 is 1.81 bits per heavy atom. The minimum atomic E-state index is 0.440. The molecule has 27 heavy (non-hydrogen) atoms. The van der Waals surface area contributed by atoms with Crippen molar-refractivity contribution in [3.8, 4) is 11.6 Å². The molecule has 136 valence electrons. The van der Waals surface area contributed by atoms with Crippen LogP contribution < -0.4 is 4.74 Å². The van der Waals surface area contributed by atoms with Gasteiger partial charge in [0.2, 0.25) is 5.88 Å². The number of pyridine rings is 1. The predicted octanol–water partition coefficient (Wildman–Crippen LogP) is 6.93. The van der Waals surface area contributed by atoms with Gasteiger partial charge in [0.25, 0.3) is 0 Å². The van der Waals surface area contributed by atoms with Gasteiger partial charge in [-0.15, -0.1) is 0 Å². The van der Waals surface area contributed by atoms with Gasteiger partial charge in [-0.25, -0.2) is 4.98 Å². The minimum Gasteiger partial charge on any atom is -0.439 e. The molecule has 2 nitrogen and oxygen atoms in total. The first-order valence-corrected chi connectivity index (χ1v) is 10.2. The summed E-state index contributed by atoms with van der Waals surface area (Å²) >= 11 is 3.48. The third-order valence-electron chi connectivity index (χ3n) is 4.94. The Hall–Kier alpha value is -2.39. The number of halogens is 1. The number of hydrogen-bond acceptors (Lipinski definition) is 2. The molecule has 2 aromatic carbocycles. The van der Waals surface area contributed by atoms with E-state index in [0.717, 1.165) is 35.2 Å². The summed E-state index contributed by atoms with van der Waals surface area (Å²) in [5.74, 6) is 2.44. The smallest absolute Gasteiger partial charge is 0.219 e. The summed E-state index contributed by atoms with van der Waals surface area (Å²) in [5.41, 5.74) is 2.51. The topological polar surface area (TPSA) is 22.1 Å². The molecule has 1 aliphatic carbocycles. The average Bonchev–Trinajstić information content (AvgIpc) is 2.69. The summed E-state index contributed by atoms with van der Waals surface area (Å²) in [4.78, 5) is 4.79. The van der Waals surface area contributed by atoms with Crippen molar-refractivity contribution in [3.63, 3.8) is 0 Å². The molecule has 0 fully saturated rings. The van der Waals surface area contributed by atoms with Crippen LogP contribution in [0.5, 0.6) is 11.6 Å². The third-order valence-corrected chi connectivity index (χ3v) is 5.43. The van der Waals surface area contributed by atoms with Gasteiger partial charge in [-0.3, -0.25) is 0 Å². The van der Waals surface area contributed by atoms with Gasteiger partial charge in [-0.05, 0) is 55.0 Å². The molecule has 2 atom stereocenters. The van der Waals surface area contributed by atoms with E-state index in [-0.39, 0.29) is 0 Å². The van der Waals surface area contributed by atoms with Gasteiger partial charge in [0.15, 0.2) is 0 Å². The molecule has 2 unspecified atom stereocenters. The van der Waals surface area contributed by atoms with Crippen molar-refractivity contribution >= 4 is 15.9 Å². The van der Waals surface area contributed by atoms with Crippen LogP contribution in [0.25, 0.3) is 0 Å². The summed E-state index contributed by atoms with van der Waals surface area (Å²) in [7, 11) is 0. The van der Waals surface area contributed by atoms with Gasteiger partial charge in [0, 0.05) is 22.2 Å². The van der Waals surface area contributed by atoms with Crippen molar-refractivity contribution in [2.75, 3.05) is 0 Å². The zero-order valence-electron chi connectivity index (χ0n) is 15.1. The maximum Gasteiger partial charge on any atom is 0.219 e. The van der Waals surface area contributed by atoms with Crippen LogP contribution in [0.15, 0.2) is 89.4 Å². The zero-order valence-corrected chi connectivity index (χ0v) is 16.7. The molecule has 3 heteroatoms. The second-order valence-corrected chi connectivity index (χ2v) is 7.92. The standard InChI is InChI=1S/C24H22BrNO/c25-21-11-5-12-22(17-21)27-24-14-6-13-23(26-24)20-10-4-9-19(16-20)15-18-7-2-1-3-8-18/h1-9,11-14,17,19-20H,10,15-16H2. The van der Waals surface area contributed by atoms with E-state index < -0.39 is 0 Å². The maximum atomic E-state index is 5.95. The molecule has 1 aromatic heterocycles. The van der Waals surface area contributed by atoms with Crippen LogP contribution in [0.3, 0.4) is 0 Å². The highest BCUT2D eigenvalue weighted by Gasteiger charge is 2.21. The number of aromatic nitrogens is 1. The second kappa shape index (κ2) is 8.53. The molecule has 1 aliphatic rings. The van der Waals surface area contributed by atoms with Crippen LogP contribution in [-0.4, -0.2) is 4.98 Å². The van der Waals surface area contributed by atoms with Crippen LogP contribution in [0.1, 0.15) is 30.0 Å². The second-order valence-electron chi connectivity index (χ2n) is 7.01. The van der Waals surface area contributed by atoms with E-state index in [1.807, 2.05) is 36.4 Å². The van der Waals surface area contributed by atoms with Gasteiger partial charge >= 0.3 is 0 Å². The molecule has 3 aromatic rings. The predicted molar refractivity (Wildman–Crippen MR) is 113 cm³/mol. The normalized spacial score (nSPS) is 19.0. The lowest BCUT2D eigenvalue weighted by Crippen LogP contribution is -2.13. The van der Waals surface area contributed by atoms with E-state index in [1.165, 1.54) is 5.56 Å². The van der Waals surface area contributed by atoms with E-state index in [9.17, 15) is 0 Å². The summed E-state index contributed by atoms with van der Waals surface area (Å²) in [6, 6.07) is 24.6. The quantitative estimate of drug-likeness (QED) is 0.418. The summed E-state index contributed by atoms with van der Waals surface area (Å²) in [5, 5.41) is 0. The number of nitrogens with zero attached hydrogens (tertiary/aromatic N) is 1. The van der Waals surface area contributed by atoms with Crippen LogP contribution >= 0.6 is 15.9 Å². The average molecular weight is 420 g/mol. The Morgan fingerprint density at radius 1 is 0.963 bits per heavy atom. The maximum absolute atomic E-state index is 5.95. The highest BCUT2D eigenvalue weighted by atomic mass is 79.9. The first kappa shape index (κ1) is 18.0. The number of rotatable bonds is 5. The third kappa shape index (κ3) is 4.86. The Balaban J connectivity index is 1.46. The van der Waals surface area contributed by atoms with E-state index in [1.54, 1.807) is 0 Å². The number of allylic oxidation sites excluding steroid dienone is 2. The molecule has 0 bridgehead atoms. The fraction of sp³-hybridized carbons (Fsp3) is 0.208. The minimum absolute atomic E-state index is 0.440. The molecule has 0 saturated heterocycles. The Morgan fingerprint density at radius 3 is 2.67 bits per heavy atom. The van der Waals surface area contributed by atoms with Gasteiger partial charge in [0.1, 0.15) is 5.75 Å². The SMILES string of the molecule is Brc1cccc(Oc2cccc(C3CC=CC(Cc4ccccc4)C3)n2)c1. The van der Waals surface area contributed by atoms with Crippen molar-refractivity contribution in [2.45, 2.75) is 25.2 Å². The number of benzene rings is 2. The Kier molecular flexibility index (Phi) is 5.69. The van der Waals surface area contributed by atoms with Gasteiger partial charge < -0.3 is 4.74 Å². The molecular formula is C24H22BrNO. The monoisotopic (exact) mass is 419 g/mol. The Bertz CT molecular complexity index is 922. The van der Waals surface area contributed by atoms with Gasteiger partial charge in [0.05, 0.1) is 0 Å². The van der Waals surface area contributed by atoms with E-state index in [0.29, 0.717) is 17.7 Å². The fourth-order valence-electron chi connectivity index (χ4n) is 3.65. The molecule has 0 spiro atoms. The van der Waals surface area contributed by atoms with E-state index in [2.05, 4.69) is 64.5 Å². The highest BCUT2D eigenvalue weighted by Crippen LogP contribution is 2.34. The van der Waals surface area contributed by atoms with Crippen molar-refractivity contribution in [1.82, 2.24) is 4.98 Å². The van der Waals surface area contributed by atoms with Crippen molar-refractivity contribution in [1.29, 1.82) is 0 Å². The molecular weight excluding hydrogens is 398 g/mol. The number of ether oxygens (including phenoxy) is 1. The van der Waals surface area contributed by atoms with E-state index in [4.69, 9.17) is 9.72 Å². The van der Waals surface area contributed by atoms with Crippen LogP contribution in [0, 0.1) is 5.92 Å². The lowest BCUT2D eigenvalue weighted by atomic mass is 9.81. The molecule has 1 heterocycles. The summed E-state index contributed by atoms with van der Waals surface area (Å²) < 4.78 is 6.95. The Labute approximate surface area is 169 Å². The first-order valence-electron chi connectivity index (χ1n) is 9.37. The van der Waals surface area contributed by atoms with Crippen molar-refractivity contribution in [2.24, 2.45) is 5.92 Å². The van der Waals surface area contributed by atoms with Crippen molar-refractivity contribution in [3.05, 3.63) is 101 Å². The van der Waals surface area contributed by atoms with Crippen LogP contribution in [-0.2, 0) is 6.42 Å². The van der Waals surface area contributed by atoms with Crippen molar-refractivity contribution < 1.29 is 4.74 Å². The molecule has 4 rings (SSSR count). The lowest BCUT2D eigenvalue weighted by Gasteiger charge is -2.24. The van der Waals surface area contributed by atoms with Crippen LogP contribution in [0.2, 0.25) is 0 Å². The van der Waals surface area contributed by atoms with Gasteiger partial charge in [-0.1, -0.05) is 70.5 Å². The molecule has 0 radical (unpaired) electrons.